The minimum atomic E-state index is -4.62. The smallest absolute Gasteiger partial charge is 0.435 e. The van der Waals surface area contributed by atoms with Crippen LogP contribution in [-0.2, 0) is 15.7 Å². The Hall–Kier alpha value is -2.05. The molecule has 0 saturated heterocycles. The summed E-state index contributed by atoms with van der Waals surface area (Å²) in [4.78, 5) is 15.5. The van der Waals surface area contributed by atoms with Crippen LogP contribution in [0.25, 0.3) is 6.08 Å². The molecule has 1 unspecified atom stereocenters. The molecule has 0 saturated carbocycles. The second-order valence-corrected chi connectivity index (χ2v) is 4.26. The Morgan fingerprint density at radius 1 is 1.48 bits per heavy atom. The van der Waals surface area contributed by atoms with Gasteiger partial charge in [-0.25, -0.2) is 9.78 Å². The van der Waals surface area contributed by atoms with Crippen molar-refractivity contribution in [2.45, 2.75) is 32.5 Å². The molecule has 0 aromatic carbocycles. The van der Waals surface area contributed by atoms with Crippen molar-refractivity contribution in [3.8, 4) is 0 Å². The minimum absolute atomic E-state index is 0.0668. The Bertz CT molecular complexity index is 547. The summed E-state index contributed by atoms with van der Waals surface area (Å²) in [5.74, 6) is -0.563. The molecule has 0 radical (unpaired) electrons. The van der Waals surface area contributed by atoms with Crippen LogP contribution in [0.2, 0.25) is 0 Å². The molecule has 1 aromatic rings. The van der Waals surface area contributed by atoms with Crippen molar-refractivity contribution >= 4 is 12.0 Å². The lowest BCUT2D eigenvalue weighted by Crippen LogP contribution is -2.24. The van der Waals surface area contributed by atoms with Crippen LogP contribution in [0.5, 0.6) is 0 Å². The van der Waals surface area contributed by atoms with Gasteiger partial charge in [0.2, 0.25) is 0 Å². The summed E-state index contributed by atoms with van der Waals surface area (Å²) in [7, 11) is 0. The van der Waals surface area contributed by atoms with Crippen LogP contribution in [0.1, 0.15) is 36.6 Å². The Morgan fingerprint density at radius 2 is 2.10 bits per heavy atom. The Kier molecular flexibility index (Phi) is 5.34. The predicted molar refractivity (Wildman–Crippen MR) is 72.5 cm³/mol. The molecule has 1 atom stereocenters. The second-order valence-electron chi connectivity index (χ2n) is 4.26. The van der Waals surface area contributed by atoms with E-state index in [2.05, 4.69) is 18.1 Å². The third-order valence-electron chi connectivity index (χ3n) is 2.85. The SMILES string of the molecule is C=CCC(C(=O)OCC)n1c(C)nc(C(F)(F)F)c1C=C. The number of carbonyl (C=O) groups is 1. The number of allylic oxidation sites excluding steroid dienone is 1. The van der Waals surface area contributed by atoms with Crippen molar-refractivity contribution < 1.29 is 22.7 Å². The number of esters is 1. The maximum atomic E-state index is 13.0. The predicted octanol–water partition coefficient (Wildman–Crippen LogP) is 3.53. The van der Waals surface area contributed by atoms with Gasteiger partial charge in [0.15, 0.2) is 5.69 Å². The number of imidazole rings is 1. The third-order valence-corrected chi connectivity index (χ3v) is 2.85. The van der Waals surface area contributed by atoms with E-state index >= 15 is 0 Å². The molecule has 1 aromatic heterocycles. The normalized spacial score (nSPS) is 12.8. The lowest BCUT2D eigenvalue weighted by molar-refractivity contribution is -0.147. The molecule has 0 amide bonds. The molecular formula is C14H17F3N2O2. The quantitative estimate of drug-likeness (QED) is 0.596. The van der Waals surface area contributed by atoms with E-state index in [1.807, 2.05) is 0 Å². The Balaban J connectivity index is 3.44. The van der Waals surface area contributed by atoms with Gasteiger partial charge in [-0.1, -0.05) is 12.7 Å². The molecular weight excluding hydrogens is 285 g/mol. The van der Waals surface area contributed by atoms with Crippen molar-refractivity contribution in [3.63, 3.8) is 0 Å². The first-order chi connectivity index (χ1) is 9.77. The fraction of sp³-hybridized carbons (Fsp3) is 0.429. The van der Waals surface area contributed by atoms with Crippen molar-refractivity contribution in [2.24, 2.45) is 0 Å². The van der Waals surface area contributed by atoms with Gasteiger partial charge in [-0.3, -0.25) is 0 Å². The molecule has 0 aliphatic carbocycles. The van der Waals surface area contributed by atoms with Crippen molar-refractivity contribution in [1.29, 1.82) is 0 Å². The number of hydrogen-bond acceptors (Lipinski definition) is 3. The van der Waals surface area contributed by atoms with Crippen molar-refractivity contribution in [1.82, 2.24) is 9.55 Å². The first-order valence-electron chi connectivity index (χ1n) is 6.33. The van der Waals surface area contributed by atoms with E-state index in [1.54, 1.807) is 6.92 Å². The third kappa shape index (κ3) is 3.53. The van der Waals surface area contributed by atoms with E-state index < -0.39 is 23.9 Å². The molecule has 0 N–H and O–H groups in total. The van der Waals surface area contributed by atoms with E-state index in [0.717, 1.165) is 6.08 Å². The van der Waals surface area contributed by atoms with Crippen LogP contribution >= 0.6 is 0 Å². The zero-order valence-electron chi connectivity index (χ0n) is 11.9. The Labute approximate surface area is 120 Å². The summed E-state index contributed by atoms with van der Waals surface area (Å²) in [5, 5.41) is 0. The molecule has 1 rings (SSSR count). The number of alkyl halides is 3. The zero-order valence-corrected chi connectivity index (χ0v) is 11.9. The van der Waals surface area contributed by atoms with Gasteiger partial charge in [0, 0.05) is 0 Å². The second kappa shape index (κ2) is 6.60. The van der Waals surface area contributed by atoms with Crippen LogP contribution in [0, 0.1) is 6.92 Å². The average molecular weight is 302 g/mol. The molecule has 7 heteroatoms. The highest BCUT2D eigenvalue weighted by Gasteiger charge is 2.39. The fourth-order valence-electron chi connectivity index (χ4n) is 2.06. The number of aromatic nitrogens is 2. The Morgan fingerprint density at radius 3 is 2.52 bits per heavy atom. The van der Waals surface area contributed by atoms with Crippen molar-refractivity contribution in [2.75, 3.05) is 6.61 Å². The highest BCUT2D eigenvalue weighted by Crippen LogP contribution is 2.34. The van der Waals surface area contributed by atoms with Crippen LogP contribution in [-0.4, -0.2) is 22.1 Å². The summed E-state index contributed by atoms with van der Waals surface area (Å²) >= 11 is 0. The number of halogens is 3. The summed E-state index contributed by atoms with van der Waals surface area (Å²) in [6.07, 6.45) is -2.00. The highest BCUT2D eigenvalue weighted by atomic mass is 19.4. The molecule has 0 aliphatic heterocycles. The monoisotopic (exact) mass is 302 g/mol. The number of aryl methyl sites for hydroxylation is 1. The lowest BCUT2D eigenvalue weighted by atomic mass is 10.1. The fourth-order valence-corrected chi connectivity index (χ4v) is 2.06. The zero-order chi connectivity index (χ0) is 16.2. The number of nitrogens with zero attached hydrogens (tertiary/aromatic N) is 2. The molecule has 0 bridgehead atoms. The highest BCUT2D eigenvalue weighted by molar-refractivity contribution is 5.75. The first-order valence-corrected chi connectivity index (χ1v) is 6.33. The molecule has 116 valence electrons. The largest absolute Gasteiger partial charge is 0.464 e. The van der Waals surface area contributed by atoms with Gasteiger partial charge in [-0.05, 0) is 26.3 Å². The molecule has 0 fully saturated rings. The van der Waals surface area contributed by atoms with Gasteiger partial charge in [0.05, 0.1) is 12.3 Å². The first kappa shape index (κ1) is 17.0. The maximum Gasteiger partial charge on any atom is 0.435 e. The topological polar surface area (TPSA) is 44.1 Å². The minimum Gasteiger partial charge on any atom is -0.464 e. The molecule has 4 nitrogen and oxygen atoms in total. The van der Waals surface area contributed by atoms with Crippen LogP contribution < -0.4 is 0 Å². The molecule has 0 aliphatic rings. The maximum absolute atomic E-state index is 13.0. The van der Waals surface area contributed by atoms with Crippen LogP contribution in [0.3, 0.4) is 0 Å². The summed E-state index contributed by atoms with van der Waals surface area (Å²) in [6.45, 7) is 10.1. The summed E-state index contributed by atoms with van der Waals surface area (Å²) in [5.41, 5.74) is -1.31. The standard InChI is InChI=1S/C14H17F3N2O2/c1-5-8-11(13(20)21-7-3)19-9(4)18-12(10(19)6-2)14(15,16)17/h5-6,11H,1-2,7-8H2,3-4H3. The molecule has 0 spiro atoms. The van der Waals surface area contributed by atoms with E-state index in [9.17, 15) is 18.0 Å². The number of hydrogen-bond donors (Lipinski definition) is 0. The molecule has 1 heterocycles. The number of ether oxygens (including phenoxy) is 1. The van der Waals surface area contributed by atoms with Gasteiger partial charge < -0.3 is 9.30 Å². The van der Waals surface area contributed by atoms with Gasteiger partial charge in [0.1, 0.15) is 11.9 Å². The van der Waals surface area contributed by atoms with Gasteiger partial charge in [-0.2, -0.15) is 13.2 Å². The van der Waals surface area contributed by atoms with E-state index in [0.29, 0.717) is 0 Å². The van der Waals surface area contributed by atoms with Crippen LogP contribution in [0.15, 0.2) is 19.2 Å². The lowest BCUT2D eigenvalue weighted by Gasteiger charge is -2.19. The summed E-state index contributed by atoms with van der Waals surface area (Å²) < 4.78 is 45.0. The summed E-state index contributed by atoms with van der Waals surface area (Å²) in [6, 6.07) is -0.945. The van der Waals surface area contributed by atoms with Gasteiger partial charge >= 0.3 is 12.1 Å². The van der Waals surface area contributed by atoms with E-state index in [-0.39, 0.29) is 24.5 Å². The van der Waals surface area contributed by atoms with Gasteiger partial charge in [0.25, 0.3) is 0 Å². The average Bonchev–Trinajstić information content (AvgIpc) is 2.73. The van der Waals surface area contributed by atoms with Gasteiger partial charge in [-0.15, -0.1) is 6.58 Å². The van der Waals surface area contributed by atoms with E-state index in [1.165, 1.54) is 17.6 Å². The molecule has 21 heavy (non-hydrogen) atoms. The van der Waals surface area contributed by atoms with E-state index in [4.69, 9.17) is 4.74 Å². The number of rotatable bonds is 6. The van der Waals surface area contributed by atoms with Crippen molar-refractivity contribution in [3.05, 3.63) is 36.4 Å². The van der Waals surface area contributed by atoms with Crippen LogP contribution in [0.4, 0.5) is 13.2 Å². The number of carbonyl (C=O) groups excluding carboxylic acids is 1.